The molecule has 1 fully saturated rings. The highest BCUT2D eigenvalue weighted by Gasteiger charge is 2.53. The van der Waals surface area contributed by atoms with Gasteiger partial charge < -0.3 is 19.3 Å². The van der Waals surface area contributed by atoms with Crippen LogP contribution < -0.4 is 14.8 Å². The second-order valence-corrected chi connectivity index (χ2v) is 7.09. The number of carbonyl (C=O) groups is 1. The van der Waals surface area contributed by atoms with Crippen molar-refractivity contribution >= 4 is 5.91 Å². The number of nitrogens with zero attached hydrogens (tertiary/aromatic N) is 2. The van der Waals surface area contributed by atoms with E-state index in [1.807, 2.05) is 36.4 Å². The van der Waals surface area contributed by atoms with E-state index in [9.17, 15) is 4.79 Å². The molecule has 3 aromatic rings. The van der Waals surface area contributed by atoms with E-state index in [4.69, 9.17) is 14.0 Å². The lowest BCUT2D eigenvalue weighted by Gasteiger charge is -2.12. The smallest absolute Gasteiger partial charge is 0.232 e. The Morgan fingerprint density at radius 3 is 2.55 bits per heavy atom. The van der Waals surface area contributed by atoms with Crippen molar-refractivity contribution in [1.29, 1.82) is 0 Å². The number of carbonyl (C=O) groups excluding carboxylic acids is 1. The van der Waals surface area contributed by atoms with Gasteiger partial charge in [-0.25, -0.2) is 0 Å². The van der Waals surface area contributed by atoms with E-state index in [1.165, 1.54) is 0 Å². The lowest BCUT2D eigenvalue weighted by Crippen LogP contribution is -2.36. The van der Waals surface area contributed by atoms with Crippen LogP contribution in [0.1, 0.15) is 24.1 Å². The van der Waals surface area contributed by atoms with E-state index in [0.29, 0.717) is 29.5 Å². The van der Waals surface area contributed by atoms with E-state index in [0.717, 1.165) is 30.4 Å². The van der Waals surface area contributed by atoms with Gasteiger partial charge in [0.15, 0.2) is 17.3 Å². The maximum atomic E-state index is 12.8. The molecular formula is C22H23N3O4. The molecule has 0 aliphatic heterocycles. The van der Waals surface area contributed by atoms with Crippen molar-refractivity contribution in [2.75, 3.05) is 20.8 Å². The number of pyridine rings is 1. The summed E-state index contributed by atoms with van der Waals surface area (Å²) in [6.07, 6.45) is 5.81. The van der Waals surface area contributed by atoms with E-state index in [-0.39, 0.29) is 5.91 Å². The molecule has 0 bridgehead atoms. The van der Waals surface area contributed by atoms with Crippen LogP contribution in [0.25, 0.3) is 11.3 Å². The molecule has 4 rings (SSSR count). The second kappa shape index (κ2) is 7.95. The van der Waals surface area contributed by atoms with Gasteiger partial charge in [-0.05, 0) is 55.2 Å². The van der Waals surface area contributed by atoms with E-state index >= 15 is 0 Å². The summed E-state index contributed by atoms with van der Waals surface area (Å²) < 4.78 is 16.2. The average Bonchev–Trinajstić information content (AvgIpc) is 3.43. The molecule has 0 unspecified atom stereocenters. The molecule has 0 atom stereocenters. The first-order chi connectivity index (χ1) is 14.2. The van der Waals surface area contributed by atoms with Crippen molar-refractivity contribution in [3.8, 4) is 22.8 Å². The van der Waals surface area contributed by atoms with Crippen molar-refractivity contribution in [1.82, 2.24) is 15.5 Å². The lowest BCUT2D eigenvalue weighted by molar-refractivity contribution is -0.123. The maximum absolute atomic E-state index is 12.8. The lowest BCUT2D eigenvalue weighted by atomic mass is 10.00. The summed E-state index contributed by atoms with van der Waals surface area (Å²) in [7, 11) is 3.18. The summed E-state index contributed by atoms with van der Waals surface area (Å²) >= 11 is 0. The Morgan fingerprint density at radius 1 is 1.10 bits per heavy atom. The molecule has 7 nitrogen and oxygen atoms in total. The van der Waals surface area contributed by atoms with Gasteiger partial charge in [0, 0.05) is 30.6 Å². The van der Waals surface area contributed by atoms with Crippen molar-refractivity contribution in [2.45, 2.75) is 24.7 Å². The van der Waals surface area contributed by atoms with Crippen molar-refractivity contribution in [3.63, 3.8) is 0 Å². The topological polar surface area (TPSA) is 86.5 Å². The van der Waals surface area contributed by atoms with Gasteiger partial charge in [0.05, 0.1) is 25.3 Å². The molecule has 1 amide bonds. The molecule has 1 aliphatic carbocycles. The van der Waals surface area contributed by atoms with Crippen LogP contribution in [-0.4, -0.2) is 36.8 Å². The summed E-state index contributed by atoms with van der Waals surface area (Å²) in [5.41, 5.74) is 2.04. The number of amides is 1. The van der Waals surface area contributed by atoms with Crippen LogP contribution >= 0.6 is 0 Å². The Labute approximate surface area is 169 Å². The molecule has 150 valence electrons. The number of benzene rings is 1. The molecule has 1 N–H and O–H groups in total. The number of hydrogen-bond acceptors (Lipinski definition) is 6. The fraction of sp³-hybridized carbons (Fsp3) is 0.318. The van der Waals surface area contributed by atoms with Gasteiger partial charge >= 0.3 is 0 Å². The van der Waals surface area contributed by atoms with Crippen LogP contribution in [0.3, 0.4) is 0 Å². The minimum absolute atomic E-state index is 0.00119. The molecule has 7 heteroatoms. The molecule has 1 aromatic carbocycles. The number of ether oxygens (including phenoxy) is 2. The first-order valence-corrected chi connectivity index (χ1v) is 9.53. The minimum atomic E-state index is -0.587. The third-order valence-electron chi connectivity index (χ3n) is 5.30. The zero-order valence-electron chi connectivity index (χ0n) is 16.5. The first-order valence-electron chi connectivity index (χ1n) is 9.53. The van der Waals surface area contributed by atoms with Gasteiger partial charge in [0.1, 0.15) is 0 Å². The predicted molar refractivity (Wildman–Crippen MR) is 107 cm³/mol. The van der Waals surface area contributed by atoms with Gasteiger partial charge in [-0.1, -0.05) is 5.16 Å². The Bertz CT molecular complexity index is 996. The summed E-state index contributed by atoms with van der Waals surface area (Å²) in [4.78, 5) is 16.8. The molecule has 1 aliphatic rings. The summed E-state index contributed by atoms with van der Waals surface area (Å²) in [5.74, 6) is 1.84. The zero-order chi connectivity index (χ0) is 20.3. The molecule has 29 heavy (non-hydrogen) atoms. The standard InChI is InChI=1S/C22H23N3O4/c1-27-17-4-3-16(13-19(17)28-2)18-14-20(25-29-18)22(8-9-22)21(26)24-12-7-15-5-10-23-11-6-15/h3-6,10-11,13-14H,7-9,12H2,1-2H3,(H,24,26). The van der Waals surface area contributed by atoms with E-state index < -0.39 is 5.41 Å². The molecule has 0 radical (unpaired) electrons. The molecule has 0 spiro atoms. The van der Waals surface area contributed by atoms with Crippen LogP contribution in [0, 0.1) is 0 Å². The predicted octanol–water partition coefficient (Wildman–Crippen LogP) is 3.14. The molecule has 2 heterocycles. The monoisotopic (exact) mass is 393 g/mol. The molecule has 0 saturated heterocycles. The third-order valence-corrected chi connectivity index (χ3v) is 5.30. The number of methoxy groups -OCH3 is 2. The summed E-state index contributed by atoms with van der Waals surface area (Å²) in [6.45, 7) is 0.574. The van der Waals surface area contributed by atoms with E-state index in [2.05, 4.69) is 15.5 Å². The van der Waals surface area contributed by atoms with E-state index in [1.54, 1.807) is 26.6 Å². The third kappa shape index (κ3) is 3.81. The number of rotatable bonds is 8. The number of aromatic nitrogens is 2. The van der Waals surface area contributed by atoms with Gasteiger partial charge in [0.25, 0.3) is 0 Å². The number of nitrogens with one attached hydrogen (secondary N) is 1. The number of hydrogen-bond donors (Lipinski definition) is 1. The Balaban J connectivity index is 1.45. The highest BCUT2D eigenvalue weighted by Crippen LogP contribution is 2.48. The first kappa shape index (κ1) is 19.0. The molecular weight excluding hydrogens is 370 g/mol. The van der Waals surface area contributed by atoms with Crippen LogP contribution in [-0.2, 0) is 16.6 Å². The molecule has 1 saturated carbocycles. The zero-order valence-corrected chi connectivity index (χ0v) is 16.5. The van der Waals surface area contributed by atoms with Crippen molar-refractivity contribution < 1.29 is 18.8 Å². The van der Waals surface area contributed by atoms with Gasteiger partial charge in [0.2, 0.25) is 5.91 Å². The maximum Gasteiger partial charge on any atom is 0.232 e. The highest BCUT2D eigenvalue weighted by molar-refractivity contribution is 5.91. The second-order valence-electron chi connectivity index (χ2n) is 7.09. The minimum Gasteiger partial charge on any atom is -0.493 e. The van der Waals surface area contributed by atoms with Crippen molar-refractivity contribution in [3.05, 3.63) is 60.0 Å². The van der Waals surface area contributed by atoms with Crippen LogP contribution in [0.5, 0.6) is 11.5 Å². The van der Waals surface area contributed by atoms with Gasteiger partial charge in [-0.3, -0.25) is 9.78 Å². The highest BCUT2D eigenvalue weighted by atomic mass is 16.5. The van der Waals surface area contributed by atoms with Crippen molar-refractivity contribution in [2.24, 2.45) is 0 Å². The fourth-order valence-electron chi connectivity index (χ4n) is 3.39. The Kier molecular flexibility index (Phi) is 5.20. The average molecular weight is 393 g/mol. The Hall–Kier alpha value is -3.35. The Morgan fingerprint density at radius 2 is 1.86 bits per heavy atom. The largest absolute Gasteiger partial charge is 0.493 e. The normalized spacial score (nSPS) is 14.3. The quantitative estimate of drug-likeness (QED) is 0.633. The van der Waals surface area contributed by atoms with Crippen LogP contribution in [0.4, 0.5) is 0 Å². The van der Waals surface area contributed by atoms with Crippen LogP contribution in [0.2, 0.25) is 0 Å². The molecule has 2 aromatic heterocycles. The fourth-order valence-corrected chi connectivity index (χ4v) is 3.39. The summed E-state index contributed by atoms with van der Waals surface area (Å²) in [5, 5.41) is 7.23. The van der Waals surface area contributed by atoms with Crippen LogP contribution in [0.15, 0.2) is 53.3 Å². The van der Waals surface area contributed by atoms with Gasteiger partial charge in [-0.2, -0.15) is 0 Å². The van der Waals surface area contributed by atoms with Gasteiger partial charge in [-0.15, -0.1) is 0 Å². The summed E-state index contributed by atoms with van der Waals surface area (Å²) in [6, 6.07) is 11.3. The SMILES string of the molecule is COc1ccc(-c2cc(C3(C(=O)NCCc4ccncc4)CC3)no2)cc1OC.